The molecule has 0 bridgehead atoms. The zero-order chi connectivity index (χ0) is 30.6. The SMILES string of the molecule is CN1C(=O)C(C)(C)c2cc(CCn3c(CCn4nc5ccccn5c4=O)nc4cc(N5CCOCC5)ccc4c3=O)ccc21. The standard InChI is InChI=1S/C33H35N7O4/c1-33(2)25-20-22(7-10-27(25)36(3)31(33)42)11-14-38-28(12-15-40-32(43)39-13-5-4-6-29(39)35-40)34-26-21-23(8-9-24(26)30(38)41)37-16-18-44-19-17-37/h4-10,13,20-21H,11-12,14-19H2,1-3H3. The molecule has 0 unspecified atom stereocenters. The second-order valence-corrected chi connectivity index (χ2v) is 12.1. The van der Waals surface area contributed by atoms with E-state index >= 15 is 0 Å². The number of hydrogen-bond donors (Lipinski definition) is 0. The summed E-state index contributed by atoms with van der Waals surface area (Å²) in [5, 5.41) is 5.03. The Kier molecular flexibility index (Phi) is 6.84. The fourth-order valence-corrected chi connectivity index (χ4v) is 6.43. The molecule has 226 valence electrons. The number of morpholine rings is 1. The maximum Gasteiger partial charge on any atom is 0.350 e. The highest BCUT2D eigenvalue weighted by Crippen LogP contribution is 2.41. The van der Waals surface area contributed by atoms with Crippen LogP contribution in [0.5, 0.6) is 0 Å². The van der Waals surface area contributed by atoms with Crippen LogP contribution in [0, 0.1) is 0 Å². The lowest BCUT2D eigenvalue weighted by Gasteiger charge is -2.29. The van der Waals surface area contributed by atoms with E-state index in [-0.39, 0.29) is 23.7 Å². The molecule has 0 N–H and O–H groups in total. The van der Waals surface area contributed by atoms with E-state index in [4.69, 9.17) is 9.72 Å². The fraction of sp³-hybridized carbons (Fsp3) is 0.364. The summed E-state index contributed by atoms with van der Waals surface area (Å²) in [5.41, 5.74) is 4.21. The fourth-order valence-electron chi connectivity index (χ4n) is 6.43. The van der Waals surface area contributed by atoms with Gasteiger partial charge >= 0.3 is 5.69 Å². The Labute approximate surface area is 253 Å². The molecule has 7 rings (SSSR count). The molecule has 5 aromatic rings. The molecule has 0 atom stereocenters. The van der Waals surface area contributed by atoms with E-state index in [9.17, 15) is 14.4 Å². The van der Waals surface area contributed by atoms with Crippen LogP contribution in [0.4, 0.5) is 11.4 Å². The maximum atomic E-state index is 14.0. The summed E-state index contributed by atoms with van der Waals surface area (Å²) < 4.78 is 10.2. The van der Waals surface area contributed by atoms with Crippen LogP contribution >= 0.6 is 0 Å². The van der Waals surface area contributed by atoms with Crippen molar-refractivity contribution in [3.05, 3.63) is 98.6 Å². The molecule has 0 aliphatic carbocycles. The summed E-state index contributed by atoms with van der Waals surface area (Å²) >= 11 is 0. The molecule has 3 aromatic heterocycles. The minimum absolute atomic E-state index is 0.0699. The minimum Gasteiger partial charge on any atom is -0.378 e. The van der Waals surface area contributed by atoms with Gasteiger partial charge in [0.25, 0.3) is 5.56 Å². The predicted molar refractivity (Wildman–Crippen MR) is 169 cm³/mol. The Hall–Kier alpha value is -4.77. The number of fused-ring (bicyclic) bond motifs is 3. The third-order valence-corrected chi connectivity index (χ3v) is 8.99. The lowest BCUT2D eigenvalue weighted by atomic mass is 9.85. The van der Waals surface area contributed by atoms with Gasteiger partial charge in [-0.3, -0.25) is 18.6 Å². The van der Waals surface area contributed by atoms with Gasteiger partial charge in [-0.15, -0.1) is 5.10 Å². The van der Waals surface area contributed by atoms with Gasteiger partial charge in [0.15, 0.2) is 5.65 Å². The Morgan fingerprint density at radius 1 is 0.932 bits per heavy atom. The molecule has 2 aliphatic rings. The van der Waals surface area contributed by atoms with Crippen LogP contribution in [0.2, 0.25) is 0 Å². The quantitative estimate of drug-likeness (QED) is 0.286. The summed E-state index contributed by atoms with van der Waals surface area (Å²) in [6.45, 7) is 7.48. The number of ether oxygens (including phenoxy) is 1. The molecule has 44 heavy (non-hydrogen) atoms. The van der Waals surface area contributed by atoms with E-state index < -0.39 is 5.41 Å². The molecule has 0 saturated carbocycles. The Balaban J connectivity index is 1.24. The number of rotatable bonds is 7. The molecule has 2 aliphatic heterocycles. The third kappa shape index (κ3) is 4.68. The van der Waals surface area contributed by atoms with Gasteiger partial charge in [-0.25, -0.2) is 14.5 Å². The van der Waals surface area contributed by atoms with Crippen LogP contribution in [-0.2, 0) is 40.9 Å². The number of aromatic nitrogens is 5. The average Bonchev–Trinajstić information content (AvgIpc) is 3.45. The minimum atomic E-state index is -0.605. The number of benzene rings is 2. The van der Waals surface area contributed by atoms with Crippen LogP contribution in [0.1, 0.15) is 30.8 Å². The van der Waals surface area contributed by atoms with E-state index in [2.05, 4.69) is 16.1 Å². The highest BCUT2D eigenvalue weighted by Gasteiger charge is 2.42. The van der Waals surface area contributed by atoms with Crippen LogP contribution < -0.4 is 21.0 Å². The zero-order valence-corrected chi connectivity index (χ0v) is 25.2. The van der Waals surface area contributed by atoms with Crippen molar-refractivity contribution < 1.29 is 9.53 Å². The topological polar surface area (TPSA) is 107 Å². The molecular weight excluding hydrogens is 558 g/mol. The largest absolute Gasteiger partial charge is 0.378 e. The number of pyridine rings is 1. The third-order valence-electron chi connectivity index (χ3n) is 8.99. The van der Waals surface area contributed by atoms with E-state index in [1.807, 2.05) is 50.2 Å². The first-order chi connectivity index (χ1) is 21.2. The summed E-state index contributed by atoms with van der Waals surface area (Å²) in [6, 6.07) is 17.3. The van der Waals surface area contributed by atoms with Crippen molar-refractivity contribution in [2.24, 2.45) is 0 Å². The number of carbonyl (C=O) groups excluding carboxylic acids is 1. The highest BCUT2D eigenvalue weighted by atomic mass is 16.5. The normalized spacial score (nSPS) is 16.3. The van der Waals surface area contributed by atoms with Crippen LogP contribution in [0.25, 0.3) is 16.6 Å². The number of hydrogen-bond acceptors (Lipinski definition) is 7. The summed E-state index contributed by atoms with van der Waals surface area (Å²) in [6.07, 6.45) is 2.64. The second kappa shape index (κ2) is 10.7. The predicted octanol–water partition coefficient (Wildman–Crippen LogP) is 2.78. The van der Waals surface area contributed by atoms with Gasteiger partial charge in [0, 0.05) is 50.7 Å². The number of aryl methyl sites for hydroxylation is 3. The van der Waals surface area contributed by atoms with Gasteiger partial charge in [-0.05, 0) is 67.8 Å². The first-order valence-electron chi connectivity index (χ1n) is 15.0. The molecule has 2 aromatic carbocycles. The molecule has 11 nitrogen and oxygen atoms in total. The maximum absolute atomic E-state index is 14.0. The number of anilines is 2. The van der Waals surface area contributed by atoms with Crippen molar-refractivity contribution in [3.8, 4) is 0 Å². The van der Waals surface area contributed by atoms with Gasteiger partial charge in [0.2, 0.25) is 5.91 Å². The van der Waals surface area contributed by atoms with Crippen molar-refractivity contribution in [2.75, 3.05) is 43.2 Å². The van der Waals surface area contributed by atoms with E-state index in [1.54, 1.807) is 34.8 Å². The lowest BCUT2D eigenvalue weighted by molar-refractivity contribution is -0.121. The Morgan fingerprint density at radius 3 is 2.55 bits per heavy atom. The molecule has 0 spiro atoms. The van der Waals surface area contributed by atoms with E-state index in [1.165, 1.54) is 9.08 Å². The number of nitrogens with zero attached hydrogens (tertiary/aromatic N) is 7. The molecule has 1 fully saturated rings. The van der Waals surface area contributed by atoms with Crippen molar-refractivity contribution in [3.63, 3.8) is 0 Å². The Morgan fingerprint density at radius 2 is 1.75 bits per heavy atom. The van der Waals surface area contributed by atoms with Gasteiger partial charge in [-0.1, -0.05) is 18.2 Å². The summed E-state index contributed by atoms with van der Waals surface area (Å²) in [7, 11) is 1.81. The number of carbonyl (C=O) groups is 1. The summed E-state index contributed by atoms with van der Waals surface area (Å²) in [5.74, 6) is 0.669. The van der Waals surface area contributed by atoms with Crippen LogP contribution in [0.3, 0.4) is 0 Å². The molecule has 1 amide bonds. The monoisotopic (exact) mass is 593 g/mol. The number of amides is 1. The summed E-state index contributed by atoms with van der Waals surface area (Å²) in [4.78, 5) is 48.7. The van der Waals surface area contributed by atoms with Crippen LogP contribution in [-0.4, -0.2) is 63.0 Å². The van der Waals surface area contributed by atoms with Gasteiger partial charge in [-0.2, -0.15) is 0 Å². The molecule has 11 heteroatoms. The van der Waals surface area contributed by atoms with Crippen molar-refractivity contribution in [1.82, 2.24) is 23.7 Å². The van der Waals surface area contributed by atoms with Crippen LogP contribution in [0.15, 0.2) is 70.4 Å². The lowest BCUT2D eigenvalue weighted by Crippen LogP contribution is -2.36. The molecule has 0 radical (unpaired) electrons. The average molecular weight is 594 g/mol. The zero-order valence-electron chi connectivity index (χ0n) is 25.2. The van der Waals surface area contributed by atoms with Gasteiger partial charge in [0.05, 0.1) is 36.1 Å². The smallest absolute Gasteiger partial charge is 0.350 e. The molecule has 5 heterocycles. The Bertz CT molecular complexity index is 2030. The van der Waals surface area contributed by atoms with Crippen molar-refractivity contribution in [2.45, 2.75) is 45.2 Å². The second-order valence-electron chi connectivity index (χ2n) is 12.1. The van der Waals surface area contributed by atoms with Crippen molar-refractivity contribution >= 4 is 33.8 Å². The molecule has 1 saturated heterocycles. The first-order valence-corrected chi connectivity index (χ1v) is 15.0. The first kappa shape index (κ1) is 28.0. The van der Waals surface area contributed by atoms with Gasteiger partial charge < -0.3 is 14.5 Å². The van der Waals surface area contributed by atoms with E-state index in [0.29, 0.717) is 55.0 Å². The molecular formula is C33H35N7O4. The van der Waals surface area contributed by atoms with Crippen molar-refractivity contribution in [1.29, 1.82) is 0 Å². The van der Waals surface area contributed by atoms with E-state index in [0.717, 1.165) is 35.6 Å². The highest BCUT2D eigenvalue weighted by molar-refractivity contribution is 6.07. The van der Waals surface area contributed by atoms with Gasteiger partial charge in [0.1, 0.15) is 5.82 Å². The number of likely N-dealkylation sites (N-methyl/N-ethyl adjacent to an activating group) is 1.